The highest BCUT2D eigenvalue weighted by Gasteiger charge is 2.25. The largest absolute Gasteiger partial charge is 0.477 e. The summed E-state index contributed by atoms with van der Waals surface area (Å²) in [7, 11) is 0. The predicted octanol–water partition coefficient (Wildman–Crippen LogP) is 3.48. The second-order valence-electron chi connectivity index (χ2n) is 4.88. The van der Waals surface area contributed by atoms with Crippen LogP contribution in [0.2, 0.25) is 0 Å². The van der Waals surface area contributed by atoms with Gasteiger partial charge in [0.2, 0.25) is 0 Å². The lowest BCUT2D eigenvalue weighted by atomic mass is 10.0. The van der Waals surface area contributed by atoms with Gasteiger partial charge in [0.25, 0.3) is 0 Å². The summed E-state index contributed by atoms with van der Waals surface area (Å²) >= 11 is 0. The first-order valence-corrected chi connectivity index (χ1v) is 6.53. The van der Waals surface area contributed by atoms with Crippen molar-refractivity contribution in [2.75, 3.05) is 0 Å². The SMILES string of the molecule is CCc1onc(-c2ccc(C3CC3)cc2)c1C(=O)O. The zero-order valence-corrected chi connectivity index (χ0v) is 10.7. The number of aromatic nitrogens is 1. The number of rotatable bonds is 4. The maximum absolute atomic E-state index is 11.3. The van der Waals surface area contributed by atoms with Crippen LogP contribution >= 0.6 is 0 Å². The molecule has 1 aromatic heterocycles. The van der Waals surface area contributed by atoms with Gasteiger partial charge in [0.05, 0.1) is 0 Å². The third-order valence-corrected chi connectivity index (χ3v) is 3.53. The molecule has 1 aliphatic rings. The summed E-state index contributed by atoms with van der Waals surface area (Å²) in [6.45, 7) is 1.85. The van der Waals surface area contributed by atoms with Gasteiger partial charge in [-0.15, -0.1) is 0 Å². The molecule has 1 heterocycles. The molecule has 1 aliphatic carbocycles. The Balaban J connectivity index is 2.01. The number of benzene rings is 1. The van der Waals surface area contributed by atoms with Crippen LogP contribution in [0.1, 0.15) is 47.4 Å². The minimum atomic E-state index is -0.987. The van der Waals surface area contributed by atoms with Crippen LogP contribution in [0, 0.1) is 0 Å². The molecule has 0 amide bonds. The first-order chi connectivity index (χ1) is 9.20. The Morgan fingerprint density at radius 2 is 2.05 bits per heavy atom. The molecule has 19 heavy (non-hydrogen) atoms. The van der Waals surface area contributed by atoms with Gasteiger partial charge in [0.15, 0.2) is 5.76 Å². The molecule has 3 rings (SSSR count). The number of aromatic carboxylic acids is 1. The zero-order chi connectivity index (χ0) is 13.4. The van der Waals surface area contributed by atoms with Gasteiger partial charge in [-0.05, 0) is 24.3 Å². The lowest BCUT2D eigenvalue weighted by Crippen LogP contribution is -2.00. The first kappa shape index (κ1) is 12.0. The molecular formula is C15H15NO3. The van der Waals surface area contributed by atoms with E-state index < -0.39 is 5.97 Å². The van der Waals surface area contributed by atoms with E-state index in [1.165, 1.54) is 18.4 Å². The molecule has 0 atom stereocenters. The normalized spacial score (nSPS) is 14.6. The van der Waals surface area contributed by atoms with Crippen LogP contribution in [-0.4, -0.2) is 16.2 Å². The van der Waals surface area contributed by atoms with Gasteiger partial charge in [-0.25, -0.2) is 4.79 Å². The van der Waals surface area contributed by atoms with E-state index in [9.17, 15) is 9.90 Å². The third kappa shape index (κ3) is 2.14. The molecule has 1 fully saturated rings. The number of nitrogens with zero attached hydrogens (tertiary/aromatic N) is 1. The predicted molar refractivity (Wildman–Crippen MR) is 70.3 cm³/mol. The highest BCUT2D eigenvalue weighted by Crippen LogP contribution is 2.40. The van der Waals surface area contributed by atoms with Crippen molar-refractivity contribution >= 4 is 5.97 Å². The van der Waals surface area contributed by atoms with Gasteiger partial charge in [0, 0.05) is 12.0 Å². The molecule has 4 heteroatoms. The average molecular weight is 257 g/mol. The van der Waals surface area contributed by atoms with Crippen molar-refractivity contribution in [3.8, 4) is 11.3 Å². The molecule has 0 spiro atoms. The standard InChI is InChI=1S/C15H15NO3/c1-2-12-13(15(17)18)14(16-19-12)11-7-5-10(6-8-11)9-3-4-9/h5-9H,2-4H2,1H3,(H,17,18). The summed E-state index contributed by atoms with van der Waals surface area (Å²) in [6.07, 6.45) is 3.03. The molecule has 1 aromatic carbocycles. The van der Waals surface area contributed by atoms with E-state index in [0.717, 1.165) is 5.56 Å². The molecule has 98 valence electrons. The van der Waals surface area contributed by atoms with Gasteiger partial charge < -0.3 is 9.63 Å². The minimum absolute atomic E-state index is 0.182. The number of hydrogen-bond acceptors (Lipinski definition) is 3. The molecule has 0 aliphatic heterocycles. The van der Waals surface area contributed by atoms with Crippen molar-refractivity contribution in [1.29, 1.82) is 0 Å². The second-order valence-corrected chi connectivity index (χ2v) is 4.88. The number of carbonyl (C=O) groups is 1. The van der Waals surface area contributed by atoms with Gasteiger partial charge in [-0.1, -0.05) is 36.3 Å². The van der Waals surface area contributed by atoms with Crippen molar-refractivity contribution in [2.45, 2.75) is 32.1 Å². The summed E-state index contributed by atoms with van der Waals surface area (Å²) in [6, 6.07) is 7.96. The third-order valence-electron chi connectivity index (χ3n) is 3.53. The van der Waals surface area contributed by atoms with Crippen LogP contribution < -0.4 is 0 Å². The molecular weight excluding hydrogens is 242 g/mol. The Kier molecular flexibility index (Phi) is 2.85. The van der Waals surface area contributed by atoms with E-state index >= 15 is 0 Å². The lowest BCUT2D eigenvalue weighted by Gasteiger charge is -2.01. The van der Waals surface area contributed by atoms with Crippen LogP contribution in [0.4, 0.5) is 0 Å². The molecule has 4 nitrogen and oxygen atoms in total. The second kappa shape index (κ2) is 4.53. The number of aryl methyl sites for hydroxylation is 1. The smallest absolute Gasteiger partial charge is 0.341 e. The first-order valence-electron chi connectivity index (χ1n) is 6.53. The van der Waals surface area contributed by atoms with Gasteiger partial charge in [-0.2, -0.15) is 0 Å². The molecule has 2 aromatic rings. The molecule has 1 N–H and O–H groups in total. The number of carboxylic acids is 1. The summed E-state index contributed by atoms with van der Waals surface area (Å²) < 4.78 is 5.12. The summed E-state index contributed by atoms with van der Waals surface area (Å²) in [5, 5.41) is 13.2. The van der Waals surface area contributed by atoms with Crippen LogP contribution in [-0.2, 0) is 6.42 Å². The summed E-state index contributed by atoms with van der Waals surface area (Å²) in [5.41, 5.74) is 2.72. The van der Waals surface area contributed by atoms with Crippen LogP contribution in [0.25, 0.3) is 11.3 Å². The fraction of sp³-hybridized carbons (Fsp3) is 0.333. The van der Waals surface area contributed by atoms with E-state index in [4.69, 9.17) is 4.52 Å². The monoisotopic (exact) mass is 257 g/mol. The van der Waals surface area contributed by atoms with E-state index in [2.05, 4.69) is 17.3 Å². The minimum Gasteiger partial charge on any atom is -0.477 e. The Hall–Kier alpha value is -2.10. The lowest BCUT2D eigenvalue weighted by molar-refractivity contribution is 0.0695. The topological polar surface area (TPSA) is 63.3 Å². The van der Waals surface area contributed by atoms with Crippen molar-refractivity contribution in [1.82, 2.24) is 5.16 Å². The molecule has 0 radical (unpaired) electrons. The fourth-order valence-electron chi connectivity index (χ4n) is 2.31. The van der Waals surface area contributed by atoms with E-state index in [1.54, 1.807) is 0 Å². The Bertz CT molecular complexity index is 609. The number of carboxylic acid groups (broad SMARTS) is 1. The average Bonchev–Trinajstić information content (AvgIpc) is 3.17. The van der Waals surface area contributed by atoms with Gasteiger partial charge in [0.1, 0.15) is 11.3 Å². The van der Waals surface area contributed by atoms with Crippen molar-refractivity contribution in [3.05, 3.63) is 41.2 Å². The Morgan fingerprint density at radius 3 is 2.58 bits per heavy atom. The summed E-state index contributed by atoms with van der Waals surface area (Å²) in [4.78, 5) is 11.3. The Labute approximate surface area is 111 Å². The van der Waals surface area contributed by atoms with Gasteiger partial charge >= 0.3 is 5.97 Å². The fourth-order valence-corrected chi connectivity index (χ4v) is 2.31. The molecule has 1 saturated carbocycles. The van der Waals surface area contributed by atoms with E-state index in [-0.39, 0.29) is 5.56 Å². The Morgan fingerprint density at radius 1 is 1.37 bits per heavy atom. The highest BCUT2D eigenvalue weighted by atomic mass is 16.5. The van der Waals surface area contributed by atoms with Crippen molar-refractivity contribution in [2.24, 2.45) is 0 Å². The molecule has 0 saturated heterocycles. The van der Waals surface area contributed by atoms with Crippen LogP contribution in [0.3, 0.4) is 0 Å². The van der Waals surface area contributed by atoms with Crippen molar-refractivity contribution < 1.29 is 14.4 Å². The molecule has 0 bridgehead atoms. The van der Waals surface area contributed by atoms with Crippen LogP contribution in [0.15, 0.2) is 28.8 Å². The number of hydrogen-bond donors (Lipinski definition) is 1. The van der Waals surface area contributed by atoms with Crippen molar-refractivity contribution in [3.63, 3.8) is 0 Å². The maximum Gasteiger partial charge on any atom is 0.341 e. The highest BCUT2D eigenvalue weighted by molar-refractivity contribution is 5.95. The van der Waals surface area contributed by atoms with Crippen LogP contribution in [0.5, 0.6) is 0 Å². The maximum atomic E-state index is 11.3. The quantitative estimate of drug-likeness (QED) is 0.910. The van der Waals surface area contributed by atoms with E-state index in [0.29, 0.717) is 23.8 Å². The molecule has 0 unspecified atom stereocenters. The zero-order valence-electron chi connectivity index (χ0n) is 10.7. The van der Waals surface area contributed by atoms with Gasteiger partial charge in [-0.3, -0.25) is 0 Å². The summed E-state index contributed by atoms with van der Waals surface area (Å²) in [5.74, 6) is 0.129. The van der Waals surface area contributed by atoms with E-state index in [1.807, 2.05) is 19.1 Å².